The largest absolute Gasteiger partial charge is 0.356 e. The van der Waals surface area contributed by atoms with Gasteiger partial charge in [-0.3, -0.25) is 0 Å². The minimum absolute atomic E-state index is 1.07. The van der Waals surface area contributed by atoms with Gasteiger partial charge in [-0.2, -0.15) is 0 Å². The number of benzene rings is 7. The van der Waals surface area contributed by atoms with Crippen molar-refractivity contribution in [1.82, 2.24) is 0 Å². The standard InChI is InChI=1S/C42H31N/c1-5-14-31(15-6-1)37-29-40(33-16-7-2-8-17-33)42(34-18-9-3-10-19-34)41(30-37)36-21-13-20-35(28-36)32-24-26-39(27-25-32)43-38-22-11-4-12-23-38/h1-30,43H. The van der Waals surface area contributed by atoms with Gasteiger partial charge in [0.15, 0.2) is 0 Å². The molecule has 1 N–H and O–H groups in total. The summed E-state index contributed by atoms with van der Waals surface area (Å²) in [5, 5.41) is 3.49. The molecule has 7 rings (SSSR count). The Labute approximate surface area is 253 Å². The molecule has 7 aromatic carbocycles. The molecule has 0 saturated heterocycles. The third-order valence-electron chi connectivity index (χ3n) is 7.85. The van der Waals surface area contributed by atoms with Crippen molar-refractivity contribution in [1.29, 1.82) is 0 Å². The molecular formula is C42H31N. The molecule has 0 atom stereocenters. The molecule has 0 amide bonds. The lowest BCUT2D eigenvalue weighted by molar-refractivity contribution is 1.53. The van der Waals surface area contributed by atoms with Crippen LogP contribution in [0.1, 0.15) is 0 Å². The molecule has 1 nitrogen and oxygen atoms in total. The lowest BCUT2D eigenvalue weighted by atomic mass is 9.84. The minimum atomic E-state index is 1.07. The van der Waals surface area contributed by atoms with E-state index in [1.54, 1.807) is 0 Å². The van der Waals surface area contributed by atoms with Gasteiger partial charge in [0.1, 0.15) is 0 Å². The molecule has 43 heavy (non-hydrogen) atoms. The van der Waals surface area contributed by atoms with Crippen molar-refractivity contribution in [2.45, 2.75) is 0 Å². The van der Waals surface area contributed by atoms with Crippen LogP contribution in [0.5, 0.6) is 0 Å². The first kappa shape index (κ1) is 26.3. The zero-order chi connectivity index (χ0) is 28.8. The Bertz CT molecular complexity index is 1940. The van der Waals surface area contributed by atoms with Crippen molar-refractivity contribution >= 4 is 11.4 Å². The first-order valence-corrected chi connectivity index (χ1v) is 14.7. The second-order valence-electron chi connectivity index (χ2n) is 10.7. The Morgan fingerprint density at radius 2 is 0.698 bits per heavy atom. The monoisotopic (exact) mass is 549 g/mol. The maximum atomic E-state index is 3.49. The normalized spacial score (nSPS) is 10.8. The molecule has 0 fully saturated rings. The first-order valence-electron chi connectivity index (χ1n) is 14.7. The first-order chi connectivity index (χ1) is 21.3. The quantitative estimate of drug-likeness (QED) is 0.208. The molecule has 0 bridgehead atoms. The summed E-state index contributed by atoms with van der Waals surface area (Å²) in [6, 6.07) is 64.8. The van der Waals surface area contributed by atoms with Gasteiger partial charge in [-0.25, -0.2) is 0 Å². The fourth-order valence-corrected chi connectivity index (χ4v) is 5.73. The van der Waals surface area contributed by atoms with Crippen LogP contribution in [-0.2, 0) is 0 Å². The number of hydrogen-bond donors (Lipinski definition) is 1. The Kier molecular flexibility index (Phi) is 7.36. The van der Waals surface area contributed by atoms with E-state index < -0.39 is 0 Å². The number of nitrogens with one attached hydrogen (secondary N) is 1. The van der Waals surface area contributed by atoms with Gasteiger partial charge >= 0.3 is 0 Å². The molecule has 1 heteroatoms. The summed E-state index contributed by atoms with van der Waals surface area (Å²) in [5.74, 6) is 0. The highest BCUT2D eigenvalue weighted by atomic mass is 14.9. The summed E-state index contributed by atoms with van der Waals surface area (Å²) in [7, 11) is 0. The van der Waals surface area contributed by atoms with Crippen molar-refractivity contribution in [2.75, 3.05) is 5.32 Å². The average Bonchev–Trinajstić information content (AvgIpc) is 3.10. The predicted molar refractivity (Wildman–Crippen MR) is 183 cm³/mol. The number of para-hydroxylation sites is 1. The summed E-state index contributed by atoms with van der Waals surface area (Å²) >= 11 is 0. The van der Waals surface area contributed by atoms with Gasteiger partial charge in [0.05, 0.1) is 0 Å². The van der Waals surface area contributed by atoms with E-state index in [1.165, 1.54) is 55.6 Å². The number of hydrogen-bond acceptors (Lipinski definition) is 1. The minimum Gasteiger partial charge on any atom is -0.356 e. The van der Waals surface area contributed by atoms with Crippen LogP contribution in [0.15, 0.2) is 182 Å². The van der Waals surface area contributed by atoms with E-state index in [9.17, 15) is 0 Å². The molecule has 0 radical (unpaired) electrons. The third kappa shape index (κ3) is 5.75. The van der Waals surface area contributed by atoms with E-state index in [2.05, 4.69) is 169 Å². The van der Waals surface area contributed by atoms with Crippen LogP contribution in [0.25, 0.3) is 55.6 Å². The molecule has 0 unspecified atom stereocenters. The van der Waals surface area contributed by atoms with E-state index >= 15 is 0 Å². The van der Waals surface area contributed by atoms with Crippen LogP contribution in [0.4, 0.5) is 11.4 Å². The molecule has 0 heterocycles. The van der Waals surface area contributed by atoms with Gasteiger partial charge < -0.3 is 5.32 Å². The lowest BCUT2D eigenvalue weighted by Gasteiger charge is -2.19. The summed E-state index contributed by atoms with van der Waals surface area (Å²) in [5.41, 5.74) is 14.2. The summed E-state index contributed by atoms with van der Waals surface area (Å²) in [4.78, 5) is 0. The second kappa shape index (κ2) is 12.1. The molecule has 0 spiro atoms. The Hall–Kier alpha value is -5.66. The van der Waals surface area contributed by atoms with Gasteiger partial charge in [-0.1, -0.05) is 140 Å². The predicted octanol–water partition coefficient (Wildman–Crippen LogP) is 11.8. The van der Waals surface area contributed by atoms with Gasteiger partial charge in [-0.05, 0) is 98.1 Å². The van der Waals surface area contributed by atoms with Crippen molar-refractivity contribution in [3.8, 4) is 55.6 Å². The highest BCUT2D eigenvalue weighted by Gasteiger charge is 2.17. The Balaban J connectivity index is 1.37. The van der Waals surface area contributed by atoms with Crippen LogP contribution >= 0.6 is 0 Å². The molecular weight excluding hydrogens is 518 g/mol. The zero-order valence-electron chi connectivity index (χ0n) is 23.8. The van der Waals surface area contributed by atoms with Gasteiger partial charge in [0.2, 0.25) is 0 Å². The maximum absolute atomic E-state index is 3.49. The fourth-order valence-electron chi connectivity index (χ4n) is 5.73. The molecule has 0 saturated carbocycles. The van der Waals surface area contributed by atoms with Crippen molar-refractivity contribution < 1.29 is 0 Å². The van der Waals surface area contributed by atoms with Crippen LogP contribution < -0.4 is 5.32 Å². The number of anilines is 2. The van der Waals surface area contributed by atoms with E-state index in [-0.39, 0.29) is 0 Å². The zero-order valence-corrected chi connectivity index (χ0v) is 23.8. The maximum Gasteiger partial charge on any atom is 0.0384 e. The van der Waals surface area contributed by atoms with Crippen LogP contribution in [0.3, 0.4) is 0 Å². The second-order valence-corrected chi connectivity index (χ2v) is 10.7. The molecule has 0 aliphatic heterocycles. The van der Waals surface area contributed by atoms with E-state index in [0.717, 1.165) is 11.4 Å². The fraction of sp³-hybridized carbons (Fsp3) is 0. The SMILES string of the molecule is c1ccc(Nc2ccc(-c3cccc(-c4cc(-c5ccccc5)cc(-c5ccccc5)c4-c4ccccc4)c3)cc2)cc1. The average molecular weight is 550 g/mol. The Morgan fingerprint density at radius 3 is 1.33 bits per heavy atom. The van der Waals surface area contributed by atoms with Gasteiger partial charge in [0, 0.05) is 11.4 Å². The molecule has 204 valence electrons. The van der Waals surface area contributed by atoms with Crippen molar-refractivity contribution in [3.63, 3.8) is 0 Å². The van der Waals surface area contributed by atoms with Crippen molar-refractivity contribution in [3.05, 3.63) is 182 Å². The Morgan fingerprint density at radius 1 is 0.256 bits per heavy atom. The van der Waals surface area contributed by atoms with Crippen molar-refractivity contribution in [2.24, 2.45) is 0 Å². The molecule has 7 aromatic rings. The molecule has 0 aliphatic rings. The highest BCUT2D eigenvalue weighted by molar-refractivity contribution is 5.98. The number of rotatable bonds is 7. The summed E-state index contributed by atoms with van der Waals surface area (Å²) in [6.45, 7) is 0. The highest BCUT2D eigenvalue weighted by Crippen LogP contribution is 2.44. The summed E-state index contributed by atoms with van der Waals surface area (Å²) < 4.78 is 0. The third-order valence-corrected chi connectivity index (χ3v) is 7.85. The van der Waals surface area contributed by atoms with Crippen LogP contribution in [0, 0.1) is 0 Å². The van der Waals surface area contributed by atoms with E-state index in [4.69, 9.17) is 0 Å². The molecule has 0 aliphatic carbocycles. The smallest absolute Gasteiger partial charge is 0.0384 e. The molecule has 0 aromatic heterocycles. The van der Waals surface area contributed by atoms with E-state index in [1.807, 2.05) is 18.2 Å². The topological polar surface area (TPSA) is 12.0 Å². The van der Waals surface area contributed by atoms with E-state index in [0.29, 0.717) is 0 Å². The summed E-state index contributed by atoms with van der Waals surface area (Å²) in [6.07, 6.45) is 0. The van der Waals surface area contributed by atoms with Gasteiger partial charge in [0.25, 0.3) is 0 Å². The van der Waals surface area contributed by atoms with Gasteiger partial charge in [-0.15, -0.1) is 0 Å². The lowest BCUT2D eigenvalue weighted by Crippen LogP contribution is -1.93. The van der Waals surface area contributed by atoms with Crippen LogP contribution in [-0.4, -0.2) is 0 Å². The van der Waals surface area contributed by atoms with Crippen LogP contribution in [0.2, 0.25) is 0 Å².